The quantitative estimate of drug-likeness (QED) is 0.174. The number of carbonyl (C=O) groups excluding carboxylic acids is 4. The van der Waals surface area contributed by atoms with E-state index in [1.807, 2.05) is 0 Å². The number of carbonyl (C=O) groups is 4. The lowest BCUT2D eigenvalue weighted by Gasteiger charge is -2.48. The number of amides is 2. The predicted octanol–water partition coefficient (Wildman–Crippen LogP) is 0.812. The third-order valence-electron chi connectivity index (χ3n) is 4.26. The Morgan fingerprint density at radius 2 is 2.06 bits per heavy atom. The van der Waals surface area contributed by atoms with Crippen molar-refractivity contribution >= 4 is 57.9 Å². The van der Waals surface area contributed by atoms with Gasteiger partial charge in [0.25, 0.3) is 11.8 Å². The predicted molar refractivity (Wildman–Crippen MR) is 121 cm³/mol. The van der Waals surface area contributed by atoms with E-state index in [1.165, 1.54) is 35.2 Å². The second kappa shape index (κ2) is 10.3. The summed E-state index contributed by atoms with van der Waals surface area (Å²) in [6.07, 6.45) is 0.521. The first-order chi connectivity index (χ1) is 16.0. The average Bonchev–Trinajstić information content (AvgIpc) is 3.19. The summed E-state index contributed by atoms with van der Waals surface area (Å²) in [5, 5.41) is 7.51. The molecule has 0 radical (unpaired) electrons. The number of rotatable bonds is 7. The van der Waals surface area contributed by atoms with Crippen LogP contribution >= 0.6 is 23.1 Å². The van der Waals surface area contributed by atoms with Crippen LogP contribution in [0.2, 0.25) is 0 Å². The van der Waals surface area contributed by atoms with Crippen molar-refractivity contribution in [3.63, 3.8) is 0 Å². The number of hydrogen-bond donors (Lipinski definition) is 2. The fourth-order valence-corrected chi connectivity index (χ4v) is 4.66. The van der Waals surface area contributed by atoms with E-state index in [0.717, 1.165) is 11.3 Å². The van der Waals surface area contributed by atoms with Gasteiger partial charge in [-0.25, -0.2) is 14.6 Å². The summed E-state index contributed by atoms with van der Waals surface area (Å²) < 4.78 is 14.6. The summed E-state index contributed by atoms with van der Waals surface area (Å²) in [6.45, 7) is 4.29. The minimum absolute atomic E-state index is 0.00917. The van der Waals surface area contributed by atoms with E-state index in [2.05, 4.69) is 15.5 Å². The molecule has 0 saturated carbocycles. The fraction of sp³-hybridized carbons (Fsp3) is 0.474. The van der Waals surface area contributed by atoms with Crippen LogP contribution in [0.5, 0.6) is 0 Å². The van der Waals surface area contributed by atoms with Gasteiger partial charge in [0.05, 0.1) is 0 Å². The van der Waals surface area contributed by atoms with Crippen LogP contribution in [0.15, 0.2) is 22.3 Å². The van der Waals surface area contributed by atoms with E-state index in [9.17, 15) is 19.2 Å². The van der Waals surface area contributed by atoms with E-state index < -0.39 is 47.7 Å². The molecule has 2 aliphatic heterocycles. The van der Waals surface area contributed by atoms with E-state index in [-0.39, 0.29) is 22.2 Å². The molecule has 184 valence electrons. The number of nitrogens with one attached hydrogen (secondary N) is 1. The van der Waals surface area contributed by atoms with Crippen molar-refractivity contribution in [2.45, 2.75) is 37.8 Å². The fourth-order valence-electron chi connectivity index (χ4n) is 2.92. The molecule has 0 aromatic carbocycles. The highest BCUT2D eigenvalue weighted by atomic mass is 32.2. The van der Waals surface area contributed by atoms with Crippen LogP contribution < -0.4 is 11.1 Å². The van der Waals surface area contributed by atoms with Gasteiger partial charge in [-0.05, 0) is 26.8 Å². The Bertz CT molecular complexity index is 1050. The molecule has 2 atom stereocenters. The van der Waals surface area contributed by atoms with Gasteiger partial charge in [-0.2, -0.15) is 0 Å². The topological polar surface area (TPSA) is 172 Å². The number of aromatic nitrogens is 1. The molecule has 2 aliphatic rings. The summed E-state index contributed by atoms with van der Waals surface area (Å²) in [7, 11) is 1.27. The third-order valence-corrected chi connectivity index (χ3v) is 6.12. The Morgan fingerprint density at radius 1 is 1.32 bits per heavy atom. The molecule has 1 saturated heterocycles. The maximum Gasteiger partial charge on any atom is 0.511 e. The van der Waals surface area contributed by atoms with Crippen LogP contribution in [-0.4, -0.2) is 76.2 Å². The van der Waals surface area contributed by atoms with Crippen LogP contribution in [-0.2, 0) is 33.4 Å². The zero-order chi connectivity index (χ0) is 25.0. The SMILES string of the molecule is CON=C(C(=O)NC1C(=O)N2C(C(=O)OCOC(=O)OC(C)(C)C)=CCS[C@H]12)c1csc(N)n1. The molecule has 1 aromatic heterocycles. The summed E-state index contributed by atoms with van der Waals surface area (Å²) >= 11 is 2.46. The van der Waals surface area contributed by atoms with E-state index in [1.54, 1.807) is 20.8 Å². The van der Waals surface area contributed by atoms with E-state index in [4.69, 9.17) is 24.8 Å². The number of nitrogen functional groups attached to an aromatic ring is 1. The molecule has 0 spiro atoms. The van der Waals surface area contributed by atoms with Crippen LogP contribution in [0.1, 0.15) is 26.5 Å². The molecular formula is C19H23N5O8S2. The van der Waals surface area contributed by atoms with Crippen LogP contribution in [0.25, 0.3) is 0 Å². The largest absolute Gasteiger partial charge is 0.511 e. The minimum atomic E-state index is -0.996. The average molecular weight is 514 g/mol. The monoisotopic (exact) mass is 513 g/mol. The van der Waals surface area contributed by atoms with Gasteiger partial charge in [0.1, 0.15) is 35.5 Å². The first kappa shape index (κ1) is 25.3. The highest BCUT2D eigenvalue weighted by molar-refractivity contribution is 8.00. The number of β-lactam (4-membered cyclic amide) rings is 1. The number of fused-ring (bicyclic) bond motifs is 1. The van der Waals surface area contributed by atoms with E-state index >= 15 is 0 Å². The molecule has 0 bridgehead atoms. The molecule has 15 heteroatoms. The van der Waals surface area contributed by atoms with Crippen molar-refractivity contribution in [2.75, 3.05) is 25.4 Å². The number of anilines is 1. The van der Waals surface area contributed by atoms with Crippen LogP contribution in [0.4, 0.5) is 9.93 Å². The Balaban J connectivity index is 1.58. The maximum absolute atomic E-state index is 12.7. The number of nitrogens with zero attached hydrogens (tertiary/aromatic N) is 3. The highest BCUT2D eigenvalue weighted by Crippen LogP contribution is 2.37. The van der Waals surface area contributed by atoms with Crippen molar-refractivity contribution in [3.05, 3.63) is 22.8 Å². The number of hydrogen-bond acceptors (Lipinski definition) is 13. The second-order valence-electron chi connectivity index (χ2n) is 7.82. The summed E-state index contributed by atoms with van der Waals surface area (Å²) in [5.74, 6) is -1.67. The Morgan fingerprint density at radius 3 is 2.68 bits per heavy atom. The smallest absolute Gasteiger partial charge is 0.428 e. The second-order valence-corrected chi connectivity index (χ2v) is 9.86. The first-order valence-electron chi connectivity index (χ1n) is 9.83. The number of oxime groups is 1. The van der Waals surface area contributed by atoms with Gasteiger partial charge in [-0.3, -0.25) is 14.5 Å². The Kier molecular flexibility index (Phi) is 7.66. The Labute approximate surface area is 202 Å². The molecule has 13 nitrogen and oxygen atoms in total. The van der Waals surface area contributed by atoms with Gasteiger partial charge < -0.3 is 30.1 Å². The molecule has 0 aliphatic carbocycles. The minimum Gasteiger partial charge on any atom is -0.428 e. The molecule has 3 N–H and O–H groups in total. The van der Waals surface area contributed by atoms with Crippen molar-refractivity contribution < 1.29 is 38.2 Å². The number of ether oxygens (including phenoxy) is 3. The normalized spacial score (nSPS) is 19.9. The standard InChI is InChI=1S/C19H23N5O8S2/c1-19(2,3)32-18(28)31-8-30-16(27)10-5-6-33-15-12(14(26)24(10)15)22-13(25)11(23-29-4)9-7-34-17(20)21-9/h5,7,12,15H,6,8H2,1-4H3,(H2,20,21)(H,22,25)/t12?,15-/m1/s1. The van der Waals surface area contributed by atoms with Crippen molar-refractivity contribution in [2.24, 2.45) is 5.16 Å². The maximum atomic E-state index is 12.7. The lowest BCUT2D eigenvalue weighted by Crippen LogP contribution is -2.70. The van der Waals surface area contributed by atoms with Gasteiger partial charge in [-0.1, -0.05) is 5.16 Å². The third kappa shape index (κ3) is 5.77. The number of thiazole rings is 1. The van der Waals surface area contributed by atoms with Crippen molar-refractivity contribution in [3.8, 4) is 0 Å². The van der Waals surface area contributed by atoms with Crippen LogP contribution in [0.3, 0.4) is 0 Å². The van der Waals surface area contributed by atoms with Crippen molar-refractivity contribution in [1.29, 1.82) is 0 Å². The molecule has 34 heavy (non-hydrogen) atoms. The first-order valence-corrected chi connectivity index (χ1v) is 11.8. The van der Waals surface area contributed by atoms with Gasteiger partial charge in [0.15, 0.2) is 10.8 Å². The van der Waals surface area contributed by atoms with Gasteiger partial charge >= 0.3 is 12.1 Å². The lowest BCUT2D eigenvalue weighted by molar-refractivity contribution is -0.158. The highest BCUT2D eigenvalue weighted by Gasteiger charge is 2.53. The lowest BCUT2D eigenvalue weighted by atomic mass is 10.0. The zero-order valence-electron chi connectivity index (χ0n) is 18.7. The number of esters is 1. The van der Waals surface area contributed by atoms with Crippen LogP contribution in [0, 0.1) is 0 Å². The Hall–Kier alpha value is -3.33. The zero-order valence-corrected chi connectivity index (χ0v) is 20.4. The molecular weight excluding hydrogens is 490 g/mol. The molecule has 1 unspecified atom stereocenters. The molecule has 3 rings (SSSR count). The number of thioether (sulfide) groups is 1. The molecule has 1 fully saturated rings. The van der Waals surface area contributed by atoms with E-state index in [0.29, 0.717) is 5.75 Å². The summed E-state index contributed by atoms with van der Waals surface area (Å²) in [5.41, 5.74) is 4.90. The van der Waals surface area contributed by atoms with Crippen molar-refractivity contribution in [1.82, 2.24) is 15.2 Å². The van der Waals surface area contributed by atoms with Gasteiger partial charge in [-0.15, -0.1) is 23.1 Å². The molecule has 2 amide bonds. The summed E-state index contributed by atoms with van der Waals surface area (Å²) in [4.78, 5) is 59.4. The molecule has 3 heterocycles. The number of nitrogens with two attached hydrogens (primary N) is 1. The summed E-state index contributed by atoms with van der Waals surface area (Å²) in [6, 6.07) is -0.912. The van der Waals surface area contributed by atoms with Gasteiger partial charge in [0.2, 0.25) is 6.79 Å². The van der Waals surface area contributed by atoms with Gasteiger partial charge in [0, 0.05) is 11.1 Å². The molecule has 1 aromatic rings.